The van der Waals surface area contributed by atoms with Crippen molar-refractivity contribution in [1.82, 2.24) is 5.32 Å². The summed E-state index contributed by atoms with van der Waals surface area (Å²) < 4.78 is 0. The zero-order valence-corrected chi connectivity index (χ0v) is 21.8. The third-order valence-electron chi connectivity index (χ3n) is 7.81. The molecule has 3 aliphatic rings. The molecule has 0 radical (unpaired) electrons. The molecular weight excluding hydrogens is 468 g/mol. The molecule has 1 saturated carbocycles. The van der Waals surface area contributed by atoms with E-state index in [0.717, 1.165) is 29.5 Å². The molecule has 6 nitrogen and oxygen atoms in total. The number of piperazine rings is 1. The first-order chi connectivity index (χ1) is 17.7. The van der Waals surface area contributed by atoms with Gasteiger partial charge in [-0.2, -0.15) is 0 Å². The number of carbonyl (C=O) groups excluding carboxylic acids is 2. The highest BCUT2D eigenvalue weighted by Gasteiger charge is 2.30. The molecule has 0 unspecified atom stereocenters. The maximum absolute atomic E-state index is 12.7. The van der Waals surface area contributed by atoms with Crippen LogP contribution in [-0.4, -0.2) is 57.1 Å². The van der Waals surface area contributed by atoms with E-state index in [2.05, 4.69) is 10.6 Å². The summed E-state index contributed by atoms with van der Waals surface area (Å²) >= 11 is 1.44. The average molecular weight is 507 g/mol. The van der Waals surface area contributed by atoms with Crippen LogP contribution in [0.1, 0.15) is 54.4 Å². The standard InChI is InChI=1S/C29H36N4O2S/c34-28(30-14-7-15-32-16-18-33(19-17-32)24-10-5-2-6-11-24)23-12-13-26-25(21-23)31-29(35)27(36-26)20-22-8-3-1-4-9-22/h1,3-4,8-9,12-13,20-21,24H,2,5-7,10-11,14-19H2,(H,30,34)(H,31,35)/p+2. The Morgan fingerprint density at radius 1 is 1.03 bits per heavy atom. The molecule has 190 valence electrons. The first-order valence-electron chi connectivity index (χ1n) is 13.5. The van der Waals surface area contributed by atoms with Gasteiger partial charge in [-0.3, -0.25) is 9.59 Å². The smallest absolute Gasteiger partial charge is 0.262 e. The van der Waals surface area contributed by atoms with E-state index in [0.29, 0.717) is 22.7 Å². The lowest BCUT2D eigenvalue weighted by molar-refractivity contribution is -1.02. The number of amides is 2. The van der Waals surface area contributed by atoms with Gasteiger partial charge < -0.3 is 20.4 Å². The van der Waals surface area contributed by atoms with E-state index in [9.17, 15) is 9.59 Å². The second-order valence-electron chi connectivity index (χ2n) is 10.3. The van der Waals surface area contributed by atoms with E-state index < -0.39 is 0 Å². The lowest BCUT2D eigenvalue weighted by Gasteiger charge is -2.36. The fraction of sp³-hybridized carbons (Fsp3) is 0.448. The molecule has 7 heteroatoms. The van der Waals surface area contributed by atoms with Crippen LogP contribution in [0.5, 0.6) is 0 Å². The van der Waals surface area contributed by atoms with Crippen LogP contribution in [0.4, 0.5) is 5.69 Å². The molecular formula is C29H38N4O2S+2. The van der Waals surface area contributed by atoms with Crippen molar-refractivity contribution < 1.29 is 19.4 Å². The third kappa shape index (κ3) is 6.38. The minimum absolute atomic E-state index is 0.0794. The number of fused-ring (bicyclic) bond motifs is 1. The van der Waals surface area contributed by atoms with Gasteiger partial charge in [0, 0.05) is 23.4 Å². The summed E-state index contributed by atoms with van der Waals surface area (Å²) in [6.07, 6.45) is 10.0. The number of hydrogen-bond acceptors (Lipinski definition) is 3. The van der Waals surface area contributed by atoms with Gasteiger partial charge in [0.2, 0.25) is 0 Å². The zero-order chi connectivity index (χ0) is 24.7. The lowest BCUT2D eigenvalue weighted by Crippen LogP contribution is -3.29. The molecule has 0 bridgehead atoms. The number of nitrogens with one attached hydrogen (secondary N) is 4. The highest BCUT2D eigenvalue weighted by molar-refractivity contribution is 8.04. The summed E-state index contributed by atoms with van der Waals surface area (Å²) in [5.41, 5.74) is 2.27. The van der Waals surface area contributed by atoms with Crippen LogP contribution in [0.2, 0.25) is 0 Å². The highest BCUT2D eigenvalue weighted by Crippen LogP contribution is 2.39. The molecule has 2 amide bonds. The Bertz CT molecular complexity index is 1090. The van der Waals surface area contributed by atoms with Gasteiger partial charge in [-0.25, -0.2) is 0 Å². The average Bonchev–Trinajstić information content (AvgIpc) is 2.92. The van der Waals surface area contributed by atoms with E-state index in [1.807, 2.05) is 53.4 Å². The molecule has 1 aliphatic carbocycles. The Kier molecular flexibility index (Phi) is 8.41. The predicted molar refractivity (Wildman–Crippen MR) is 145 cm³/mol. The molecule has 0 spiro atoms. The number of quaternary nitrogens is 2. The SMILES string of the molecule is O=C1Nc2cc(C(=O)NCCC[NH+]3CC[NH+](C4CCCCC4)CC3)ccc2SC1=Cc1ccccc1. The molecule has 36 heavy (non-hydrogen) atoms. The topological polar surface area (TPSA) is 67.1 Å². The van der Waals surface area contributed by atoms with Crippen LogP contribution in [-0.2, 0) is 4.79 Å². The fourth-order valence-electron chi connectivity index (χ4n) is 5.74. The number of thioether (sulfide) groups is 1. The first kappa shape index (κ1) is 25.1. The van der Waals surface area contributed by atoms with Crippen molar-refractivity contribution in [2.45, 2.75) is 49.5 Å². The first-order valence-corrected chi connectivity index (χ1v) is 14.3. The van der Waals surface area contributed by atoms with E-state index >= 15 is 0 Å². The highest BCUT2D eigenvalue weighted by atomic mass is 32.2. The molecule has 0 atom stereocenters. The van der Waals surface area contributed by atoms with Crippen molar-refractivity contribution in [3.8, 4) is 0 Å². The summed E-state index contributed by atoms with van der Waals surface area (Å²) in [4.78, 5) is 30.5. The summed E-state index contributed by atoms with van der Waals surface area (Å²) in [6, 6.07) is 16.3. The predicted octanol–water partition coefficient (Wildman–Crippen LogP) is 2.01. The molecule has 2 heterocycles. The summed E-state index contributed by atoms with van der Waals surface area (Å²) in [7, 11) is 0. The molecule has 2 aromatic rings. The number of rotatable bonds is 7. The lowest BCUT2D eigenvalue weighted by atomic mass is 9.94. The van der Waals surface area contributed by atoms with Gasteiger partial charge in [-0.05, 0) is 55.5 Å². The molecule has 5 rings (SSSR count). The molecule has 4 N–H and O–H groups in total. The number of benzene rings is 2. The summed E-state index contributed by atoms with van der Waals surface area (Å²) in [5, 5.41) is 6.02. The summed E-state index contributed by atoms with van der Waals surface area (Å²) in [6.45, 7) is 6.90. The number of hydrogen-bond donors (Lipinski definition) is 4. The van der Waals surface area contributed by atoms with Gasteiger partial charge in [0.1, 0.15) is 26.2 Å². The number of anilines is 1. The number of carbonyl (C=O) groups is 2. The molecule has 2 aromatic carbocycles. The second kappa shape index (κ2) is 12.1. The minimum Gasteiger partial charge on any atom is -0.352 e. The second-order valence-corrected chi connectivity index (χ2v) is 11.4. The Balaban J connectivity index is 1.06. The van der Waals surface area contributed by atoms with Crippen molar-refractivity contribution in [3.05, 3.63) is 64.6 Å². The van der Waals surface area contributed by atoms with Crippen LogP contribution in [0.3, 0.4) is 0 Å². The van der Waals surface area contributed by atoms with Gasteiger partial charge in [-0.15, -0.1) is 0 Å². The van der Waals surface area contributed by atoms with E-state index in [4.69, 9.17) is 0 Å². The zero-order valence-electron chi connectivity index (χ0n) is 21.0. The van der Waals surface area contributed by atoms with Crippen molar-refractivity contribution in [2.24, 2.45) is 0 Å². The van der Waals surface area contributed by atoms with Gasteiger partial charge >= 0.3 is 0 Å². The van der Waals surface area contributed by atoms with Crippen molar-refractivity contribution in [2.75, 3.05) is 44.6 Å². The van der Waals surface area contributed by atoms with Gasteiger partial charge in [-0.1, -0.05) is 48.5 Å². The Morgan fingerprint density at radius 3 is 2.58 bits per heavy atom. The van der Waals surface area contributed by atoms with Crippen LogP contribution < -0.4 is 20.4 Å². The minimum atomic E-state index is -0.137. The molecule has 2 aliphatic heterocycles. The van der Waals surface area contributed by atoms with Gasteiger partial charge in [0.25, 0.3) is 11.8 Å². The normalized spacial score (nSPS) is 23.7. The molecule has 0 aromatic heterocycles. The Labute approximate surface area is 218 Å². The van der Waals surface area contributed by atoms with E-state index in [-0.39, 0.29) is 11.8 Å². The summed E-state index contributed by atoms with van der Waals surface area (Å²) in [5.74, 6) is -0.216. The van der Waals surface area contributed by atoms with Gasteiger partial charge in [0.15, 0.2) is 0 Å². The van der Waals surface area contributed by atoms with Gasteiger partial charge in [0.05, 0.1) is 23.2 Å². The maximum atomic E-state index is 12.7. The van der Waals surface area contributed by atoms with E-state index in [1.54, 1.807) is 11.0 Å². The quantitative estimate of drug-likeness (QED) is 0.343. The van der Waals surface area contributed by atoms with Crippen LogP contribution >= 0.6 is 11.8 Å². The maximum Gasteiger partial charge on any atom is 0.262 e. The molecule has 1 saturated heterocycles. The van der Waals surface area contributed by atoms with Crippen LogP contribution in [0.25, 0.3) is 6.08 Å². The van der Waals surface area contributed by atoms with Crippen molar-refractivity contribution >= 4 is 35.3 Å². The van der Waals surface area contributed by atoms with E-state index in [1.165, 1.54) is 70.0 Å². The van der Waals surface area contributed by atoms with Crippen LogP contribution in [0.15, 0.2) is 58.3 Å². The van der Waals surface area contributed by atoms with Crippen molar-refractivity contribution in [1.29, 1.82) is 0 Å². The Morgan fingerprint density at radius 2 is 1.81 bits per heavy atom. The fourth-order valence-corrected chi connectivity index (χ4v) is 6.67. The van der Waals surface area contributed by atoms with Crippen LogP contribution in [0, 0.1) is 0 Å². The third-order valence-corrected chi connectivity index (χ3v) is 8.90. The Hall–Kier alpha value is -2.61. The van der Waals surface area contributed by atoms with Crippen molar-refractivity contribution in [3.63, 3.8) is 0 Å². The largest absolute Gasteiger partial charge is 0.352 e. The molecule has 2 fully saturated rings. The monoisotopic (exact) mass is 506 g/mol.